The Balaban J connectivity index is 2.24. The highest BCUT2D eigenvalue weighted by atomic mass is 79.9. The lowest BCUT2D eigenvalue weighted by molar-refractivity contribution is 0.102. The number of hydrogen-bond acceptors (Lipinski definition) is 4. The van der Waals surface area contributed by atoms with E-state index in [0.717, 1.165) is 5.56 Å². The molecule has 2 heterocycles. The van der Waals surface area contributed by atoms with E-state index in [1.54, 1.807) is 18.3 Å². The topological polar surface area (TPSA) is 80.9 Å². The van der Waals surface area contributed by atoms with Crippen LogP contribution in [0, 0.1) is 6.92 Å². The highest BCUT2D eigenvalue weighted by Crippen LogP contribution is 2.17. The quantitative estimate of drug-likeness (QED) is 0.892. The molecule has 18 heavy (non-hydrogen) atoms. The standard InChI is InChI=1S/C12H11BrN4O/c1-7-2-3-15-10(4-7)17-12(18)9-5-8(13)6-16-11(9)14/h2-6H,1H3,(H2,14,16)(H,15,17,18). The summed E-state index contributed by atoms with van der Waals surface area (Å²) in [4.78, 5) is 20.0. The van der Waals surface area contributed by atoms with Gasteiger partial charge >= 0.3 is 0 Å². The molecule has 3 N–H and O–H groups in total. The van der Waals surface area contributed by atoms with Crippen LogP contribution in [0.5, 0.6) is 0 Å². The molecule has 0 aliphatic carbocycles. The Kier molecular flexibility index (Phi) is 3.57. The Labute approximate surface area is 113 Å². The van der Waals surface area contributed by atoms with Gasteiger partial charge in [0.2, 0.25) is 0 Å². The van der Waals surface area contributed by atoms with Gasteiger partial charge in [-0.2, -0.15) is 0 Å². The second kappa shape index (κ2) is 5.14. The molecule has 2 aromatic heterocycles. The number of aromatic nitrogens is 2. The number of hydrogen-bond donors (Lipinski definition) is 2. The third-order valence-electron chi connectivity index (χ3n) is 2.29. The van der Waals surface area contributed by atoms with Crippen LogP contribution in [0.4, 0.5) is 11.6 Å². The molecule has 1 amide bonds. The van der Waals surface area contributed by atoms with Crippen molar-refractivity contribution in [2.45, 2.75) is 6.92 Å². The van der Waals surface area contributed by atoms with Crippen molar-refractivity contribution in [1.82, 2.24) is 9.97 Å². The normalized spacial score (nSPS) is 10.1. The number of nitrogen functional groups attached to an aromatic ring is 1. The number of anilines is 2. The summed E-state index contributed by atoms with van der Waals surface area (Å²) in [6.45, 7) is 1.92. The molecule has 2 rings (SSSR count). The van der Waals surface area contributed by atoms with Crippen LogP contribution in [0.25, 0.3) is 0 Å². The van der Waals surface area contributed by atoms with E-state index in [9.17, 15) is 4.79 Å². The van der Waals surface area contributed by atoms with Crippen molar-refractivity contribution < 1.29 is 4.79 Å². The smallest absolute Gasteiger partial charge is 0.260 e. The molecule has 0 atom stereocenters. The molecular formula is C12H11BrN4O. The van der Waals surface area contributed by atoms with Crippen molar-refractivity contribution in [3.05, 3.63) is 46.2 Å². The molecule has 0 fully saturated rings. The summed E-state index contributed by atoms with van der Waals surface area (Å²) < 4.78 is 0.694. The summed E-state index contributed by atoms with van der Waals surface area (Å²) in [7, 11) is 0. The molecule has 0 aromatic carbocycles. The first kappa shape index (κ1) is 12.5. The van der Waals surface area contributed by atoms with E-state index in [1.165, 1.54) is 6.20 Å². The molecule has 0 aliphatic rings. The van der Waals surface area contributed by atoms with Gasteiger partial charge < -0.3 is 11.1 Å². The molecule has 6 heteroatoms. The third-order valence-corrected chi connectivity index (χ3v) is 2.72. The second-order valence-corrected chi connectivity index (χ2v) is 4.67. The summed E-state index contributed by atoms with van der Waals surface area (Å²) >= 11 is 3.25. The van der Waals surface area contributed by atoms with E-state index in [2.05, 4.69) is 31.2 Å². The van der Waals surface area contributed by atoms with Crippen LogP contribution in [-0.4, -0.2) is 15.9 Å². The number of nitrogens with two attached hydrogens (primary N) is 1. The number of halogens is 1. The maximum absolute atomic E-state index is 12.0. The van der Waals surface area contributed by atoms with Crippen LogP contribution < -0.4 is 11.1 Å². The number of carbonyl (C=O) groups excluding carboxylic acids is 1. The first-order valence-corrected chi connectivity index (χ1v) is 6.00. The lowest BCUT2D eigenvalue weighted by Gasteiger charge is -2.07. The minimum Gasteiger partial charge on any atom is -0.383 e. The largest absolute Gasteiger partial charge is 0.383 e. The average molecular weight is 307 g/mol. The van der Waals surface area contributed by atoms with Gasteiger partial charge in [-0.05, 0) is 46.6 Å². The van der Waals surface area contributed by atoms with Gasteiger partial charge in [0, 0.05) is 16.9 Å². The number of carbonyl (C=O) groups is 1. The molecule has 0 bridgehead atoms. The zero-order valence-electron chi connectivity index (χ0n) is 9.64. The number of pyridine rings is 2. The van der Waals surface area contributed by atoms with Crippen molar-refractivity contribution in [3.8, 4) is 0 Å². The summed E-state index contributed by atoms with van der Waals surface area (Å²) in [6, 6.07) is 5.25. The fraction of sp³-hybridized carbons (Fsp3) is 0.0833. The second-order valence-electron chi connectivity index (χ2n) is 3.76. The van der Waals surface area contributed by atoms with Crippen LogP contribution in [0.1, 0.15) is 15.9 Å². The predicted molar refractivity (Wildman–Crippen MR) is 73.3 cm³/mol. The van der Waals surface area contributed by atoms with Gasteiger partial charge in [-0.25, -0.2) is 9.97 Å². The van der Waals surface area contributed by atoms with E-state index < -0.39 is 0 Å². The molecule has 0 saturated heterocycles. The number of nitrogens with zero attached hydrogens (tertiary/aromatic N) is 2. The van der Waals surface area contributed by atoms with Crippen molar-refractivity contribution in [3.63, 3.8) is 0 Å². The van der Waals surface area contributed by atoms with Gasteiger partial charge in [0.25, 0.3) is 5.91 Å². The molecule has 0 radical (unpaired) electrons. The third kappa shape index (κ3) is 2.84. The summed E-state index contributed by atoms with van der Waals surface area (Å²) in [5.41, 5.74) is 6.99. The van der Waals surface area contributed by atoms with E-state index in [0.29, 0.717) is 15.9 Å². The first-order chi connectivity index (χ1) is 8.56. The fourth-order valence-electron chi connectivity index (χ4n) is 1.42. The van der Waals surface area contributed by atoms with Crippen molar-refractivity contribution >= 4 is 33.5 Å². The lowest BCUT2D eigenvalue weighted by atomic mass is 10.2. The van der Waals surface area contributed by atoms with E-state index in [4.69, 9.17) is 5.73 Å². The van der Waals surface area contributed by atoms with Crippen molar-refractivity contribution in [2.24, 2.45) is 0 Å². The van der Waals surface area contributed by atoms with Gasteiger partial charge in [-0.3, -0.25) is 4.79 Å². The summed E-state index contributed by atoms with van der Waals surface area (Å²) in [6.07, 6.45) is 3.17. The summed E-state index contributed by atoms with van der Waals surface area (Å²) in [5.74, 6) is 0.335. The minimum absolute atomic E-state index is 0.184. The van der Waals surface area contributed by atoms with Gasteiger partial charge in [0.05, 0.1) is 5.56 Å². The number of rotatable bonds is 2. The van der Waals surface area contributed by atoms with E-state index >= 15 is 0 Å². The van der Waals surface area contributed by atoms with Gasteiger partial charge in [-0.1, -0.05) is 0 Å². The Morgan fingerprint density at radius 3 is 2.89 bits per heavy atom. The molecule has 92 valence electrons. The first-order valence-electron chi connectivity index (χ1n) is 5.21. The number of nitrogens with one attached hydrogen (secondary N) is 1. The zero-order chi connectivity index (χ0) is 13.1. The zero-order valence-corrected chi connectivity index (χ0v) is 11.2. The van der Waals surface area contributed by atoms with Crippen LogP contribution in [0.15, 0.2) is 35.1 Å². The molecule has 0 spiro atoms. The highest BCUT2D eigenvalue weighted by molar-refractivity contribution is 9.10. The lowest BCUT2D eigenvalue weighted by Crippen LogP contribution is -2.15. The highest BCUT2D eigenvalue weighted by Gasteiger charge is 2.12. The Morgan fingerprint density at radius 1 is 1.39 bits per heavy atom. The van der Waals surface area contributed by atoms with E-state index in [1.807, 2.05) is 13.0 Å². The SMILES string of the molecule is Cc1ccnc(NC(=O)c2cc(Br)cnc2N)c1. The summed E-state index contributed by atoms with van der Waals surface area (Å²) in [5, 5.41) is 2.68. The monoisotopic (exact) mass is 306 g/mol. The molecule has 2 aromatic rings. The van der Waals surface area contributed by atoms with E-state index in [-0.39, 0.29) is 11.7 Å². The molecular weight excluding hydrogens is 296 g/mol. The van der Waals surface area contributed by atoms with Crippen LogP contribution in [0.3, 0.4) is 0 Å². The van der Waals surface area contributed by atoms with Gasteiger partial charge in [0.1, 0.15) is 11.6 Å². The van der Waals surface area contributed by atoms with Gasteiger partial charge in [0.15, 0.2) is 0 Å². The Hall–Kier alpha value is -1.95. The predicted octanol–water partition coefficient (Wildman–Crippen LogP) is 2.38. The number of amides is 1. The fourth-order valence-corrected chi connectivity index (χ4v) is 1.75. The van der Waals surface area contributed by atoms with Crippen LogP contribution >= 0.6 is 15.9 Å². The Morgan fingerprint density at radius 2 is 2.17 bits per heavy atom. The molecule has 0 aliphatic heterocycles. The van der Waals surface area contributed by atoms with Gasteiger partial charge in [-0.15, -0.1) is 0 Å². The number of aryl methyl sites for hydroxylation is 1. The molecule has 0 saturated carbocycles. The van der Waals surface area contributed by atoms with Crippen LogP contribution in [0.2, 0.25) is 0 Å². The molecule has 5 nitrogen and oxygen atoms in total. The maximum Gasteiger partial charge on any atom is 0.260 e. The van der Waals surface area contributed by atoms with Crippen LogP contribution in [-0.2, 0) is 0 Å². The van der Waals surface area contributed by atoms with Crippen molar-refractivity contribution in [2.75, 3.05) is 11.1 Å². The average Bonchev–Trinajstić information content (AvgIpc) is 2.32. The minimum atomic E-state index is -0.334. The molecule has 0 unspecified atom stereocenters. The Bertz CT molecular complexity index is 600. The van der Waals surface area contributed by atoms with Crippen molar-refractivity contribution in [1.29, 1.82) is 0 Å². The maximum atomic E-state index is 12.0.